The average Bonchev–Trinajstić information content (AvgIpc) is 2.76. The van der Waals surface area contributed by atoms with Crippen molar-refractivity contribution in [2.75, 3.05) is 18.1 Å². The van der Waals surface area contributed by atoms with Crippen LogP contribution in [0.1, 0.15) is 24.5 Å². The summed E-state index contributed by atoms with van der Waals surface area (Å²) in [6.45, 7) is 1.06. The second-order valence-corrected chi connectivity index (χ2v) is 4.09. The fourth-order valence-electron chi connectivity index (χ4n) is 1.98. The molecule has 0 aliphatic carbocycles. The van der Waals surface area contributed by atoms with Gasteiger partial charge in [-0.05, 0) is 19.0 Å². The molecular formula is C12H17N3O2. The van der Waals surface area contributed by atoms with Crippen molar-refractivity contribution in [3.63, 3.8) is 0 Å². The Kier molecular flexibility index (Phi) is 3.61. The molecule has 1 aliphatic rings. The van der Waals surface area contributed by atoms with Crippen LogP contribution in [-0.4, -0.2) is 24.1 Å². The number of benzene rings is 1. The number of rotatable bonds is 4. The van der Waals surface area contributed by atoms with Gasteiger partial charge in [-0.2, -0.15) is 0 Å². The van der Waals surface area contributed by atoms with Crippen molar-refractivity contribution in [1.82, 2.24) is 5.43 Å². The Morgan fingerprint density at radius 3 is 2.88 bits per heavy atom. The minimum atomic E-state index is -0.589. The lowest BCUT2D eigenvalue weighted by molar-refractivity contribution is -0.119. The number of amides is 1. The Labute approximate surface area is 100 Å². The van der Waals surface area contributed by atoms with Gasteiger partial charge in [0.25, 0.3) is 0 Å². The van der Waals surface area contributed by atoms with Crippen molar-refractivity contribution in [1.29, 1.82) is 0 Å². The van der Waals surface area contributed by atoms with Gasteiger partial charge in [-0.15, -0.1) is 0 Å². The molecular weight excluding hydrogens is 218 g/mol. The summed E-state index contributed by atoms with van der Waals surface area (Å²) in [6, 6.07) is 7.51. The van der Waals surface area contributed by atoms with Gasteiger partial charge >= 0.3 is 0 Å². The third-order valence-corrected chi connectivity index (χ3v) is 2.85. The summed E-state index contributed by atoms with van der Waals surface area (Å²) in [6.07, 6.45) is 0.411. The standard InChI is InChI=1S/C12H17N3O2/c13-7-5-11(16)9-3-1-2-4-10(9)15-8-6-12(17)14-15/h1-4,11,16H,5-8,13H2,(H,14,17). The first-order valence-corrected chi connectivity index (χ1v) is 5.76. The van der Waals surface area contributed by atoms with Gasteiger partial charge in [-0.1, -0.05) is 18.2 Å². The van der Waals surface area contributed by atoms with E-state index in [4.69, 9.17) is 5.73 Å². The molecule has 1 unspecified atom stereocenters. The SMILES string of the molecule is NCCC(O)c1ccccc1N1CCC(=O)N1. The van der Waals surface area contributed by atoms with Crippen LogP contribution < -0.4 is 16.2 Å². The van der Waals surface area contributed by atoms with Crippen LogP contribution in [0, 0.1) is 0 Å². The number of hydrazine groups is 1. The van der Waals surface area contributed by atoms with Crippen LogP contribution in [0.3, 0.4) is 0 Å². The molecule has 1 aliphatic heterocycles. The fraction of sp³-hybridized carbons (Fsp3) is 0.417. The molecule has 2 rings (SSSR count). The number of nitrogens with two attached hydrogens (primary N) is 1. The lowest BCUT2D eigenvalue weighted by Gasteiger charge is -2.23. The van der Waals surface area contributed by atoms with E-state index in [1.54, 1.807) is 5.01 Å². The maximum absolute atomic E-state index is 11.2. The van der Waals surface area contributed by atoms with Gasteiger partial charge < -0.3 is 10.8 Å². The molecule has 0 spiro atoms. The van der Waals surface area contributed by atoms with E-state index < -0.39 is 6.10 Å². The monoisotopic (exact) mass is 235 g/mol. The minimum absolute atomic E-state index is 0.00752. The first-order valence-electron chi connectivity index (χ1n) is 5.76. The lowest BCUT2D eigenvalue weighted by Crippen LogP contribution is -2.34. The number of anilines is 1. The van der Waals surface area contributed by atoms with Gasteiger partial charge in [0.05, 0.1) is 11.8 Å². The number of hydrogen-bond donors (Lipinski definition) is 3. The van der Waals surface area contributed by atoms with Crippen molar-refractivity contribution < 1.29 is 9.90 Å². The molecule has 5 heteroatoms. The number of aliphatic hydroxyl groups excluding tert-OH is 1. The summed E-state index contributed by atoms with van der Waals surface area (Å²) in [5.74, 6) is 0.00752. The van der Waals surface area contributed by atoms with Gasteiger partial charge in [0, 0.05) is 18.5 Å². The molecule has 0 radical (unpaired) electrons. The first kappa shape index (κ1) is 11.9. The smallest absolute Gasteiger partial charge is 0.240 e. The van der Waals surface area contributed by atoms with Crippen LogP contribution in [0.2, 0.25) is 0 Å². The summed E-state index contributed by atoms with van der Waals surface area (Å²) in [4.78, 5) is 11.2. The molecule has 4 N–H and O–H groups in total. The molecule has 0 saturated carbocycles. The summed E-state index contributed by atoms with van der Waals surface area (Å²) in [7, 11) is 0. The maximum Gasteiger partial charge on any atom is 0.240 e. The van der Waals surface area contributed by atoms with Gasteiger partial charge in [0.1, 0.15) is 0 Å². The van der Waals surface area contributed by atoms with E-state index in [1.807, 2.05) is 24.3 Å². The molecule has 1 aromatic rings. The van der Waals surface area contributed by atoms with E-state index in [0.717, 1.165) is 11.3 Å². The summed E-state index contributed by atoms with van der Waals surface area (Å²) >= 11 is 0. The summed E-state index contributed by atoms with van der Waals surface area (Å²) in [5, 5.41) is 11.8. The molecule has 0 aromatic heterocycles. The normalized spacial score (nSPS) is 17.1. The molecule has 1 atom stereocenters. The van der Waals surface area contributed by atoms with E-state index in [9.17, 15) is 9.90 Å². The van der Waals surface area contributed by atoms with E-state index >= 15 is 0 Å². The number of nitrogens with one attached hydrogen (secondary N) is 1. The zero-order valence-electron chi connectivity index (χ0n) is 9.60. The molecule has 1 fully saturated rings. The lowest BCUT2D eigenvalue weighted by atomic mass is 10.0. The third-order valence-electron chi connectivity index (χ3n) is 2.85. The third kappa shape index (κ3) is 2.57. The molecule has 5 nitrogen and oxygen atoms in total. The van der Waals surface area contributed by atoms with Crippen LogP contribution in [0.4, 0.5) is 5.69 Å². The Balaban J connectivity index is 2.24. The van der Waals surface area contributed by atoms with Gasteiger partial charge in [-0.25, -0.2) is 0 Å². The predicted molar refractivity (Wildman–Crippen MR) is 65.2 cm³/mol. The Bertz CT molecular complexity index is 408. The van der Waals surface area contributed by atoms with Crippen LogP contribution in [0.25, 0.3) is 0 Å². The minimum Gasteiger partial charge on any atom is -0.388 e. The fourth-order valence-corrected chi connectivity index (χ4v) is 1.98. The van der Waals surface area contributed by atoms with E-state index in [2.05, 4.69) is 5.43 Å². The number of nitrogens with zero attached hydrogens (tertiary/aromatic N) is 1. The number of para-hydroxylation sites is 1. The largest absolute Gasteiger partial charge is 0.388 e. The summed E-state index contributed by atoms with van der Waals surface area (Å²) in [5.41, 5.74) is 9.86. The topological polar surface area (TPSA) is 78.6 Å². The highest BCUT2D eigenvalue weighted by atomic mass is 16.3. The molecule has 1 saturated heterocycles. The number of hydrogen-bond acceptors (Lipinski definition) is 4. The molecule has 1 heterocycles. The van der Waals surface area contributed by atoms with Crippen molar-refractivity contribution in [2.45, 2.75) is 18.9 Å². The van der Waals surface area contributed by atoms with Gasteiger partial charge in [0.15, 0.2) is 0 Å². The maximum atomic E-state index is 11.2. The Morgan fingerprint density at radius 2 is 2.24 bits per heavy atom. The summed E-state index contributed by atoms with van der Waals surface area (Å²) < 4.78 is 0. The van der Waals surface area contributed by atoms with Crippen LogP contribution >= 0.6 is 0 Å². The molecule has 17 heavy (non-hydrogen) atoms. The van der Waals surface area contributed by atoms with Crippen molar-refractivity contribution in [2.24, 2.45) is 5.73 Å². The molecule has 1 aromatic carbocycles. The molecule has 0 bridgehead atoms. The zero-order chi connectivity index (χ0) is 12.3. The predicted octanol–water partition coefficient (Wildman–Crippen LogP) is 0.310. The van der Waals surface area contributed by atoms with E-state index in [1.165, 1.54) is 0 Å². The van der Waals surface area contributed by atoms with Crippen molar-refractivity contribution >= 4 is 11.6 Å². The van der Waals surface area contributed by atoms with Crippen LogP contribution in [-0.2, 0) is 4.79 Å². The molecule has 1 amide bonds. The number of carbonyl (C=O) groups is 1. The van der Waals surface area contributed by atoms with Gasteiger partial charge in [-0.3, -0.25) is 15.2 Å². The Morgan fingerprint density at radius 1 is 1.47 bits per heavy atom. The van der Waals surface area contributed by atoms with Crippen molar-refractivity contribution in [3.8, 4) is 0 Å². The quantitative estimate of drug-likeness (QED) is 0.702. The highest BCUT2D eigenvalue weighted by Gasteiger charge is 2.22. The van der Waals surface area contributed by atoms with E-state index in [-0.39, 0.29) is 5.91 Å². The zero-order valence-corrected chi connectivity index (χ0v) is 9.60. The number of carbonyl (C=O) groups excluding carboxylic acids is 1. The van der Waals surface area contributed by atoms with Crippen molar-refractivity contribution in [3.05, 3.63) is 29.8 Å². The highest BCUT2D eigenvalue weighted by Crippen LogP contribution is 2.28. The second kappa shape index (κ2) is 5.16. The van der Waals surface area contributed by atoms with E-state index in [0.29, 0.717) is 25.9 Å². The Hall–Kier alpha value is -1.59. The highest BCUT2D eigenvalue weighted by molar-refractivity contribution is 5.82. The van der Waals surface area contributed by atoms with Gasteiger partial charge in [0.2, 0.25) is 5.91 Å². The number of aliphatic hydroxyl groups is 1. The first-order chi connectivity index (χ1) is 8.22. The van der Waals surface area contributed by atoms with Crippen LogP contribution in [0.5, 0.6) is 0 Å². The average molecular weight is 235 g/mol. The second-order valence-electron chi connectivity index (χ2n) is 4.09. The van der Waals surface area contributed by atoms with Crippen LogP contribution in [0.15, 0.2) is 24.3 Å². The molecule has 92 valence electrons.